The zero-order valence-corrected chi connectivity index (χ0v) is 16.3. The molecule has 1 unspecified atom stereocenters. The SMILES string of the molecule is CN1CCNC(=O)C1CC(=O)N1CCC2(CC1)NC(=O)c1cccnc1N2C. The highest BCUT2D eigenvalue weighted by atomic mass is 16.2. The molecule has 1 aromatic rings. The topological polar surface area (TPSA) is 97.9 Å². The van der Waals surface area contributed by atoms with Crippen LogP contribution in [-0.4, -0.2) is 84.5 Å². The lowest BCUT2D eigenvalue weighted by molar-refractivity contribution is -0.139. The van der Waals surface area contributed by atoms with Gasteiger partial charge in [0.2, 0.25) is 11.8 Å². The van der Waals surface area contributed by atoms with Crippen LogP contribution in [0.3, 0.4) is 0 Å². The maximum atomic E-state index is 12.8. The number of nitrogens with zero attached hydrogens (tertiary/aromatic N) is 4. The molecule has 2 fully saturated rings. The van der Waals surface area contributed by atoms with Crippen molar-refractivity contribution >= 4 is 23.5 Å². The molecule has 150 valence electrons. The highest BCUT2D eigenvalue weighted by molar-refractivity contribution is 6.01. The fraction of sp³-hybridized carbons (Fsp3) is 0.579. The summed E-state index contributed by atoms with van der Waals surface area (Å²) in [4.78, 5) is 47.5. The van der Waals surface area contributed by atoms with Crippen LogP contribution in [0.25, 0.3) is 0 Å². The number of nitrogens with one attached hydrogen (secondary N) is 2. The first-order valence-electron chi connectivity index (χ1n) is 9.68. The van der Waals surface area contributed by atoms with Gasteiger partial charge < -0.3 is 20.4 Å². The van der Waals surface area contributed by atoms with Crippen molar-refractivity contribution in [1.82, 2.24) is 25.4 Å². The van der Waals surface area contributed by atoms with E-state index in [1.807, 2.05) is 23.9 Å². The summed E-state index contributed by atoms with van der Waals surface area (Å²) in [7, 11) is 3.81. The van der Waals surface area contributed by atoms with E-state index in [2.05, 4.69) is 15.6 Å². The van der Waals surface area contributed by atoms with E-state index in [0.29, 0.717) is 43.9 Å². The van der Waals surface area contributed by atoms with Gasteiger partial charge >= 0.3 is 0 Å². The van der Waals surface area contributed by atoms with Crippen LogP contribution in [0.5, 0.6) is 0 Å². The molecule has 3 amide bonds. The summed E-state index contributed by atoms with van der Waals surface area (Å²) in [5.74, 6) is 0.442. The summed E-state index contributed by atoms with van der Waals surface area (Å²) in [6.07, 6.45) is 3.10. The van der Waals surface area contributed by atoms with Gasteiger partial charge in [-0.1, -0.05) is 0 Å². The largest absolute Gasteiger partial charge is 0.353 e. The van der Waals surface area contributed by atoms with Crippen molar-refractivity contribution in [3.63, 3.8) is 0 Å². The zero-order chi connectivity index (χ0) is 19.9. The third kappa shape index (κ3) is 3.09. The molecule has 2 saturated heterocycles. The van der Waals surface area contributed by atoms with Crippen LogP contribution in [0.4, 0.5) is 5.82 Å². The third-order valence-electron chi connectivity index (χ3n) is 6.25. The van der Waals surface area contributed by atoms with Gasteiger partial charge in [-0.25, -0.2) is 4.98 Å². The summed E-state index contributed by atoms with van der Waals surface area (Å²) in [5.41, 5.74) is 0.0364. The number of rotatable bonds is 2. The molecule has 0 saturated carbocycles. The van der Waals surface area contributed by atoms with Gasteiger partial charge in [0, 0.05) is 52.3 Å². The van der Waals surface area contributed by atoms with Crippen LogP contribution in [0.1, 0.15) is 29.6 Å². The second-order valence-corrected chi connectivity index (χ2v) is 7.79. The summed E-state index contributed by atoms with van der Waals surface area (Å²) < 4.78 is 0. The Morgan fingerprint density at radius 1 is 1.25 bits per heavy atom. The molecule has 9 nitrogen and oxygen atoms in total. The minimum Gasteiger partial charge on any atom is -0.353 e. The number of likely N-dealkylation sites (N-methyl/N-ethyl adjacent to an activating group) is 1. The quantitative estimate of drug-likeness (QED) is 0.705. The zero-order valence-electron chi connectivity index (χ0n) is 16.3. The fourth-order valence-corrected chi connectivity index (χ4v) is 4.37. The first-order chi connectivity index (χ1) is 13.4. The predicted octanol–water partition coefficient (Wildman–Crippen LogP) is -0.600. The standard InChI is InChI=1S/C19H26N6O3/c1-23-11-8-21-18(28)14(23)12-15(26)25-9-5-19(6-10-25)22-17(27)13-4-3-7-20-16(13)24(19)2/h3-4,7,14H,5-6,8-12H2,1-2H3,(H,21,28)(H,22,27). The Labute approximate surface area is 164 Å². The normalized spacial score (nSPS) is 24.6. The molecule has 28 heavy (non-hydrogen) atoms. The Morgan fingerprint density at radius 2 is 2.00 bits per heavy atom. The van der Waals surface area contributed by atoms with Crippen molar-refractivity contribution in [1.29, 1.82) is 0 Å². The molecule has 2 N–H and O–H groups in total. The number of hydrogen-bond donors (Lipinski definition) is 2. The van der Waals surface area contributed by atoms with Crippen molar-refractivity contribution < 1.29 is 14.4 Å². The molecular weight excluding hydrogens is 360 g/mol. The maximum Gasteiger partial charge on any atom is 0.256 e. The number of fused-ring (bicyclic) bond motifs is 1. The molecule has 0 aliphatic carbocycles. The third-order valence-corrected chi connectivity index (χ3v) is 6.25. The highest BCUT2D eigenvalue weighted by Gasteiger charge is 2.45. The van der Waals surface area contributed by atoms with Crippen LogP contribution in [0, 0.1) is 0 Å². The molecule has 1 aromatic heterocycles. The van der Waals surface area contributed by atoms with Crippen LogP contribution in [-0.2, 0) is 9.59 Å². The molecule has 9 heteroatoms. The summed E-state index contributed by atoms with van der Waals surface area (Å²) in [6, 6.07) is 3.11. The van der Waals surface area contributed by atoms with Crippen molar-refractivity contribution in [3.05, 3.63) is 23.9 Å². The number of likely N-dealkylation sites (tertiary alicyclic amines) is 1. The fourth-order valence-electron chi connectivity index (χ4n) is 4.37. The second kappa shape index (κ2) is 7.05. The van der Waals surface area contributed by atoms with E-state index in [-0.39, 0.29) is 24.1 Å². The van der Waals surface area contributed by atoms with E-state index in [9.17, 15) is 14.4 Å². The lowest BCUT2D eigenvalue weighted by atomic mass is 9.91. The second-order valence-electron chi connectivity index (χ2n) is 7.79. The molecule has 4 heterocycles. The van der Waals surface area contributed by atoms with E-state index < -0.39 is 11.7 Å². The van der Waals surface area contributed by atoms with Gasteiger partial charge in [0.1, 0.15) is 11.5 Å². The number of hydrogen-bond acceptors (Lipinski definition) is 6. The van der Waals surface area contributed by atoms with Crippen molar-refractivity contribution in [2.45, 2.75) is 31.0 Å². The Kier molecular flexibility index (Phi) is 4.70. The number of carbonyl (C=O) groups excluding carboxylic acids is 3. The average Bonchev–Trinajstić information content (AvgIpc) is 2.70. The number of amides is 3. The lowest BCUT2D eigenvalue weighted by Gasteiger charge is -2.50. The van der Waals surface area contributed by atoms with Gasteiger partial charge in [0.15, 0.2) is 0 Å². The van der Waals surface area contributed by atoms with E-state index in [4.69, 9.17) is 0 Å². The molecule has 3 aliphatic rings. The molecule has 1 spiro atoms. The summed E-state index contributed by atoms with van der Waals surface area (Å²) >= 11 is 0. The van der Waals surface area contributed by atoms with Crippen molar-refractivity contribution in [3.8, 4) is 0 Å². The van der Waals surface area contributed by atoms with Crippen molar-refractivity contribution in [2.75, 3.05) is 45.2 Å². The van der Waals surface area contributed by atoms with Crippen LogP contribution in [0.15, 0.2) is 18.3 Å². The first-order valence-corrected chi connectivity index (χ1v) is 9.68. The van der Waals surface area contributed by atoms with E-state index in [1.165, 1.54) is 0 Å². The molecule has 4 rings (SSSR count). The van der Waals surface area contributed by atoms with Gasteiger partial charge in [0.05, 0.1) is 18.0 Å². The summed E-state index contributed by atoms with van der Waals surface area (Å²) in [5, 5.41) is 5.95. The van der Waals surface area contributed by atoms with Crippen molar-refractivity contribution in [2.24, 2.45) is 0 Å². The minimum atomic E-state index is -0.534. The predicted molar refractivity (Wildman–Crippen MR) is 103 cm³/mol. The number of carbonyl (C=O) groups is 3. The van der Waals surface area contributed by atoms with Crippen LogP contribution < -0.4 is 15.5 Å². The Morgan fingerprint density at radius 3 is 2.71 bits per heavy atom. The van der Waals surface area contributed by atoms with E-state index in [1.54, 1.807) is 23.2 Å². The highest BCUT2D eigenvalue weighted by Crippen LogP contribution is 2.34. The van der Waals surface area contributed by atoms with Crippen LogP contribution >= 0.6 is 0 Å². The Balaban J connectivity index is 1.43. The van der Waals surface area contributed by atoms with Gasteiger partial charge in [-0.15, -0.1) is 0 Å². The van der Waals surface area contributed by atoms with E-state index in [0.717, 1.165) is 6.54 Å². The molecule has 0 bridgehead atoms. The summed E-state index contributed by atoms with van der Waals surface area (Å²) in [6.45, 7) is 2.43. The number of piperazine rings is 1. The van der Waals surface area contributed by atoms with Gasteiger partial charge in [0.25, 0.3) is 5.91 Å². The van der Waals surface area contributed by atoms with Gasteiger partial charge in [-0.3, -0.25) is 19.3 Å². The van der Waals surface area contributed by atoms with Crippen LogP contribution in [0.2, 0.25) is 0 Å². The molecule has 0 aromatic carbocycles. The monoisotopic (exact) mass is 386 g/mol. The molecule has 1 atom stereocenters. The molecule has 3 aliphatic heterocycles. The molecule has 0 radical (unpaired) electrons. The Hall–Kier alpha value is -2.68. The minimum absolute atomic E-state index is 0.0212. The Bertz CT molecular complexity index is 805. The first kappa shape index (κ1) is 18.7. The smallest absolute Gasteiger partial charge is 0.256 e. The number of pyridine rings is 1. The lowest BCUT2D eigenvalue weighted by Crippen LogP contribution is -2.67. The number of piperidine rings is 1. The number of aromatic nitrogens is 1. The molecular formula is C19H26N6O3. The van der Waals surface area contributed by atoms with Gasteiger partial charge in [-0.2, -0.15) is 0 Å². The average molecular weight is 386 g/mol. The van der Waals surface area contributed by atoms with Gasteiger partial charge in [-0.05, 0) is 19.2 Å². The van der Waals surface area contributed by atoms with E-state index >= 15 is 0 Å². The maximum absolute atomic E-state index is 12.8. The number of anilines is 1.